The molecule has 0 aliphatic carbocycles. The minimum absolute atomic E-state index is 0.134. The topological polar surface area (TPSA) is 47.6 Å². The molecule has 0 aromatic heterocycles. The van der Waals surface area contributed by atoms with Gasteiger partial charge in [0.15, 0.2) is 11.5 Å². The molecule has 1 aliphatic heterocycles. The summed E-state index contributed by atoms with van der Waals surface area (Å²) in [7, 11) is 0. The highest BCUT2D eigenvalue weighted by molar-refractivity contribution is 9.10. The quantitative estimate of drug-likeness (QED) is 0.928. The molecule has 2 aromatic rings. The summed E-state index contributed by atoms with van der Waals surface area (Å²) in [6.07, 6.45) is -0.189. The number of fused-ring (bicyclic) bond motifs is 1. The highest BCUT2D eigenvalue weighted by Gasteiger charge is 2.21. The molecule has 0 saturated heterocycles. The highest BCUT2D eigenvalue weighted by Crippen LogP contribution is 2.30. The van der Waals surface area contributed by atoms with Crippen LogP contribution in [0.2, 0.25) is 0 Å². The second kappa shape index (κ2) is 6.18. The van der Waals surface area contributed by atoms with Crippen LogP contribution in [0.1, 0.15) is 10.4 Å². The van der Waals surface area contributed by atoms with Gasteiger partial charge in [0, 0.05) is 4.47 Å². The lowest BCUT2D eigenvalue weighted by Gasteiger charge is -2.26. The van der Waals surface area contributed by atoms with E-state index >= 15 is 0 Å². The van der Waals surface area contributed by atoms with E-state index in [1.807, 2.05) is 42.5 Å². The SMILES string of the molecule is O=C(NC[C@@H]1COc2ccccc2O1)c1ccccc1Br. The summed E-state index contributed by atoms with van der Waals surface area (Å²) in [4.78, 5) is 12.1. The zero-order valence-electron chi connectivity index (χ0n) is 11.2. The van der Waals surface area contributed by atoms with E-state index in [0.29, 0.717) is 24.5 Å². The third-order valence-electron chi connectivity index (χ3n) is 3.18. The van der Waals surface area contributed by atoms with Crippen molar-refractivity contribution >= 4 is 21.8 Å². The Morgan fingerprint density at radius 3 is 2.67 bits per heavy atom. The number of carbonyl (C=O) groups is 1. The van der Waals surface area contributed by atoms with Crippen molar-refractivity contribution in [1.82, 2.24) is 5.32 Å². The first-order chi connectivity index (χ1) is 10.2. The fourth-order valence-electron chi connectivity index (χ4n) is 2.11. The van der Waals surface area contributed by atoms with Crippen LogP contribution >= 0.6 is 15.9 Å². The van der Waals surface area contributed by atoms with Crippen molar-refractivity contribution in [3.05, 3.63) is 58.6 Å². The van der Waals surface area contributed by atoms with Gasteiger partial charge in [-0.05, 0) is 40.2 Å². The summed E-state index contributed by atoms with van der Waals surface area (Å²) in [5, 5.41) is 2.87. The average molecular weight is 348 g/mol. The number of para-hydroxylation sites is 2. The van der Waals surface area contributed by atoms with Gasteiger partial charge in [-0.3, -0.25) is 4.79 Å². The fourth-order valence-corrected chi connectivity index (χ4v) is 2.58. The Kier molecular flexibility index (Phi) is 4.10. The van der Waals surface area contributed by atoms with Gasteiger partial charge in [-0.1, -0.05) is 24.3 Å². The van der Waals surface area contributed by atoms with Crippen LogP contribution in [0.25, 0.3) is 0 Å². The molecule has 3 rings (SSSR count). The molecule has 0 radical (unpaired) electrons. The number of hydrogen-bond acceptors (Lipinski definition) is 3. The van der Waals surface area contributed by atoms with Crippen molar-refractivity contribution in [1.29, 1.82) is 0 Å². The van der Waals surface area contributed by atoms with Gasteiger partial charge >= 0.3 is 0 Å². The van der Waals surface area contributed by atoms with E-state index in [4.69, 9.17) is 9.47 Å². The monoisotopic (exact) mass is 347 g/mol. The maximum absolute atomic E-state index is 12.1. The van der Waals surface area contributed by atoms with E-state index in [9.17, 15) is 4.79 Å². The van der Waals surface area contributed by atoms with Crippen molar-refractivity contribution < 1.29 is 14.3 Å². The van der Waals surface area contributed by atoms with E-state index in [1.54, 1.807) is 6.07 Å². The van der Waals surface area contributed by atoms with Crippen molar-refractivity contribution in [2.75, 3.05) is 13.2 Å². The third kappa shape index (κ3) is 3.19. The second-order valence-corrected chi connectivity index (χ2v) is 5.54. The first kappa shape index (κ1) is 13.9. The number of rotatable bonds is 3. The van der Waals surface area contributed by atoms with Crippen LogP contribution in [0.3, 0.4) is 0 Å². The molecule has 1 N–H and O–H groups in total. The molecule has 0 saturated carbocycles. The Morgan fingerprint density at radius 2 is 1.86 bits per heavy atom. The molecule has 4 nitrogen and oxygen atoms in total. The van der Waals surface area contributed by atoms with Crippen LogP contribution in [-0.4, -0.2) is 25.2 Å². The van der Waals surface area contributed by atoms with E-state index in [-0.39, 0.29) is 12.0 Å². The minimum Gasteiger partial charge on any atom is -0.486 e. The lowest BCUT2D eigenvalue weighted by atomic mass is 10.2. The molecule has 5 heteroatoms. The first-order valence-corrected chi connectivity index (χ1v) is 7.44. The van der Waals surface area contributed by atoms with Crippen molar-refractivity contribution in [3.63, 3.8) is 0 Å². The maximum Gasteiger partial charge on any atom is 0.252 e. The zero-order chi connectivity index (χ0) is 14.7. The first-order valence-electron chi connectivity index (χ1n) is 6.65. The van der Waals surface area contributed by atoms with Crippen LogP contribution in [0, 0.1) is 0 Å². The molecular formula is C16H14BrNO3. The predicted molar refractivity (Wildman–Crippen MR) is 82.8 cm³/mol. The van der Waals surface area contributed by atoms with Gasteiger partial charge in [0.25, 0.3) is 5.91 Å². The Labute approximate surface area is 131 Å². The van der Waals surface area contributed by atoms with Gasteiger partial charge in [-0.2, -0.15) is 0 Å². The molecule has 1 aliphatic rings. The lowest BCUT2D eigenvalue weighted by molar-refractivity contribution is 0.0789. The van der Waals surface area contributed by atoms with Crippen molar-refractivity contribution in [2.24, 2.45) is 0 Å². The van der Waals surface area contributed by atoms with Crippen LogP contribution in [0.15, 0.2) is 53.0 Å². The second-order valence-electron chi connectivity index (χ2n) is 4.69. The van der Waals surface area contributed by atoms with Gasteiger partial charge < -0.3 is 14.8 Å². The predicted octanol–water partition coefficient (Wildman–Crippen LogP) is 3.02. The Balaban J connectivity index is 1.59. The molecule has 1 heterocycles. The number of amides is 1. The smallest absolute Gasteiger partial charge is 0.252 e. The van der Waals surface area contributed by atoms with E-state index in [2.05, 4.69) is 21.2 Å². The molecular weight excluding hydrogens is 334 g/mol. The van der Waals surface area contributed by atoms with Crippen LogP contribution in [-0.2, 0) is 0 Å². The van der Waals surface area contributed by atoms with E-state index in [1.165, 1.54) is 0 Å². The van der Waals surface area contributed by atoms with Crippen molar-refractivity contribution in [3.8, 4) is 11.5 Å². The fraction of sp³-hybridized carbons (Fsp3) is 0.188. The van der Waals surface area contributed by atoms with E-state index in [0.717, 1.165) is 10.2 Å². The number of carbonyl (C=O) groups excluding carboxylic acids is 1. The lowest BCUT2D eigenvalue weighted by Crippen LogP contribution is -2.40. The Morgan fingerprint density at radius 1 is 1.14 bits per heavy atom. The average Bonchev–Trinajstić information content (AvgIpc) is 2.53. The van der Waals surface area contributed by atoms with Gasteiger partial charge in [0.1, 0.15) is 12.7 Å². The number of benzene rings is 2. The van der Waals surface area contributed by atoms with Gasteiger partial charge in [-0.15, -0.1) is 0 Å². The van der Waals surface area contributed by atoms with Crippen LogP contribution in [0.4, 0.5) is 0 Å². The summed E-state index contributed by atoms with van der Waals surface area (Å²) >= 11 is 3.37. The summed E-state index contributed by atoms with van der Waals surface area (Å²) in [5.41, 5.74) is 0.606. The number of halogens is 1. The number of ether oxygens (including phenoxy) is 2. The molecule has 2 aromatic carbocycles. The minimum atomic E-state index is -0.189. The highest BCUT2D eigenvalue weighted by atomic mass is 79.9. The van der Waals surface area contributed by atoms with E-state index < -0.39 is 0 Å². The largest absolute Gasteiger partial charge is 0.486 e. The Hall–Kier alpha value is -2.01. The number of nitrogens with one attached hydrogen (secondary N) is 1. The molecule has 0 fully saturated rings. The van der Waals surface area contributed by atoms with Gasteiger partial charge in [-0.25, -0.2) is 0 Å². The van der Waals surface area contributed by atoms with Gasteiger partial charge in [0.05, 0.1) is 12.1 Å². The molecule has 0 unspecified atom stereocenters. The van der Waals surface area contributed by atoms with Crippen LogP contribution in [0.5, 0.6) is 11.5 Å². The molecule has 1 atom stereocenters. The summed E-state index contributed by atoms with van der Waals surface area (Å²) in [5.74, 6) is 1.32. The zero-order valence-corrected chi connectivity index (χ0v) is 12.8. The summed E-state index contributed by atoms with van der Waals surface area (Å²) < 4.78 is 12.2. The number of hydrogen-bond donors (Lipinski definition) is 1. The van der Waals surface area contributed by atoms with Gasteiger partial charge in [0.2, 0.25) is 0 Å². The Bertz CT molecular complexity index is 659. The molecule has 0 bridgehead atoms. The van der Waals surface area contributed by atoms with Crippen molar-refractivity contribution in [2.45, 2.75) is 6.10 Å². The van der Waals surface area contributed by atoms with Crippen LogP contribution < -0.4 is 14.8 Å². The molecule has 1 amide bonds. The normalized spacial score (nSPS) is 16.3. The maximum atomic E-state index is 12.1. The summed E-state index contributed by atoms with van der Waals surface area (Å²) in [6, 6.07) is 14.8. The standard InChI is InChI=1S/C16H14BrNO3/c17-13-6-2-1-5-12(13)16(19)18-9-11-10-20-14-7-3-4-8-15(14)21-11/h1-8,11H,9-10H2,(H,18,19)/t11-/m1/s1. The molecule has 0 spiro atoms. The summed E-state index contributed by atoms with van der Waals surface area (Å²) in [6.45, 7) is 0.821. The molecule has 21 heavy (non-hydrogen) atoms. The third-order valence-corrected chi connectivity index (χ3v) is 3.87. The molecule has 108 valence electrons.